The van der Waals surface area contributed by atoms with Crippen molar-refractivity contribution < 1.29 is 19.6 Å². The number of phenols is 1. The third kappa shape index (κ3) is 5.27. The summed E-state index contributed by atoms with van der Waals surface area (Å²) >= 11 is 0. The largest absolute Gasteiger partial charge is 0.504 e. The summed E-state index contributed by atoms with van der Waals surface area (Å²) in [5, 5.41) is 10.3. The molecule has 0 aliphatic carbocycles. The van der Waals surface area contributed by atoms with Gasteiger partial charge >= 0.3 is 0 Å². The summed E-state index contributed by atoms with van der Waals surface area (Å²) in [6.07, 6.45) is 0. The van der Waals surface area contributed by atoms with Crippen LogP contribution in [0, 0.1) is 0 Å². The van der Waals surface area contributed by atoms with E-state index in [0.29, 0.717) is 5.75 Å². The number of rotatable bonds is 8. The van der Waals surface area contributed by atoms with Crippen molar-refractivity contribution in [2.24, 2.45) is 0 Å². The Balaban J connectivity index is 2.13. The number of methoxy groups -OCH3 is 1. The van der Waals surface area contributed by atoms with Gasteiger partial charge in [-0.25, -0.2) is 0 Å². The smallest absolute Gasteiger partial charge is 0.166 e. The van der Waals surface area contributed by atoms with E-state index in [-0.39, 0.29) is 5.75 Å². The normalized spacial score (nSPS) is 12.3. The first-order valence-corrected chi connectivity index (χ1v) is 8.11. The Bertz CT molecular complexity index is 600. The summed E-state index contributed by atoms with van der Waals surface area (Å²) in [7, 11) is 5.93. The van der Waals surface area contributed by atoms with Crippen molar-refractivity contribution in [1.29, 1.82) is 0 Å². The molecule has 0 fully saturated rings. The average Bonchev–Trinajstić information content (AvgIpc) is 2.55. The maximum atomic E-state index is 10.3. The molecule has 2 aromatic carbocycles. The van der Waals surface area contributed by atoms with Gasteiger partial charge in [0.25, 0.3) is 0 Å². The third-order valence-electron chi connectivity index (χ3n) is 4.02. The molecular weight excluding hydrogens is 288 g/mol. The molecule has 0 spiro atoms. The standard InChI is InChI=1S/C19H26N2O2/c1-20(2)12-13-21(14-16-8-5-4-6-9-16)15-17-10-7-11-18(23-3)19(17)22/h4-11,22H,12-15H2,1-3H3/p+2. The maximum Gasteiger partial charge on any atom is 0.166 e. The van der Waals surface area contributed by atoms with Crippen LogP contribution in [0.3, 0.4) is 0 Å². The molecule has 0 bridgehead atoms. The second kappa shape index (κ2) is 8.56. The Kier molecular flexibility index (Phi) is 6.44. The Morgan fingerprint density at radius 2 is 1.65 bits per heavy atom. The highest BCUT2D eigenvalue weighted by Crippen LogP contribution is 2.28. The molecule has 0 saturated carbocycles. The van der Waals surface area contributed by atoms with Crippen molar-refractivity contribution in [3.8, 4) is 11.5 Å². The van der Waals surface area contributed by atoms with Gasteiger partial charge < -0.3 is 19.6 Å². The fourth-order valence-electron chi connectivity index (χ4n) is 2.70. The molecule has 1 unspecified atom stereocenters. The van der Waals surface area contributed by atoms with Crippen LogP contribution in [0.4, 0.5) is 0 Å². The summed E-state index contributed by atoms with van der Waals surface area (Å²) in [5.74, 6) is 0.803. The summed E-state index contributed by atoms with van der Waals surface area (Å²) in [5.41, 5.74) is 2.25. The lowest BCUT2D eigenvalue weighted by atomic mass is 10.1. The Morgan fingerprint density at radius 1 is 0.913 bits per heavy atom. The van der Waals surface area contributed by atoms with E-state index in [2.05, 4.69) is 38.4 Å². The first kappa shape index (κ1) is 17.3. The maximum absolute atomic E-state index is 10.3. The molecule has 3 N–H and O–H groups in total. The molecule has 4 nitrogen and oxygen atoms in total. The second-order valence-corrected chi connectivity index (χ2v) is 6.26. The van der Waals surface area contributed by atoms with Gasteiger partial charge in [0.05, 0.1) is 26.8 Å². The topological polar surface area (TPSA) is 38.3 Å². The fourth-order valence-corrected chi connectivity index (χ4v) is 2.70. The number of phenolic OH excluding ortho intramolecular Hbond substituents is 1. The molecule has 0 amide bonds. The highest BCUT2D eigenvalue weighted by Gasteiger charge is 2.16. The molecule has 124 valence electrons. The van der Waals surface area contributed by atoms with Crippen molar-refractivity contribution in [2.45, 2.75) is 13.1 Å². The van der Waals surface area contributed by atoms with E-state index in [1.165, 1.54) is 15.4 Å². The van der Waals surface area contributed by atoms with Crippen molar-refractivity contribution in [3.63, 3.8) is 0 Å². The zero-order valence-electron chi connectivity index (χ0n) is 14.3. The SMILES string of the molecule is COc1cccc(C[NH+](CC[NH+](C)C)Cc2ccccc2)c1O. The van der Waals surface area contributed by atoms with Crippen molar-refractivity contribution >= 4 is 0 Å². The molecular formula is C19H28N2O2+2. The molecule has 2 aromatic rings. The van der Waals surface area contributed by atoms with Gasteiger partial charge in [0.2, 0.25) is 0 Å². The minimum Gasteiger partial charge on any atom is -0.504 e. The minimum atomic E-state index is 0.262. The zero-order chi connectivity index (χ0) is 16.7. The lowest BCUT2D eigenvalue weighted by Gasteiger charge is -2.21. The van der Waals surface area contributed by atoms with E-state index >= 15 is 0 Å². The van der Waals surface area contributed by atoms with E-state index in [9.17, 15) is 5.11 Å². The van der Waals surface area contributed by atoms with Gasteiger partial charge in [-0.05, 0) is 12.1 Å². The summed E-state index contributed by atoms with van der Waals surface area (Å²) in [6, 6.07) is 16.2. The van der Waals surface area contributed by atoms with E-state index in [0.717, 1.165) is 31.7 Å². The Hall–Kier alpha value is -2.04. The van der Waals surface area contributed by atoms with Crippen LogP contribution < -0.4 is 14.5 Å². The lowest BCUT2D eigenvalue weighted by molar-refractivity contribution is -0.960. The Morgan fingerprint density at radius 3 is 2.30 bits per heavy atom. The zero-order valence-corrected chi connectivity index (χ0v) is 14.3. The Labute approximate surface area is 138 Å². The van der Waals surface area contributed by atoms with Gasteiger partial charge in [-0.3, -0.25) is 0 Å². The summed E-state index contributed by atoms with van der Waals surface area (Å²) in [4.78, 5) is 2.87. The number of para-hydroxylation sites is 1. The monoisotopic (exact) mass is 316 g/mol. The average molecular weight is 316 g/mol. The van der Waals surface area contributed by atoms with Crippen LogP contribution in [0.25, 0.3) is 0 Å². The van der Waals surface area contributed by atoms with Crippen LogP contribution in [0.15, 0.2) is 48.5 Å². The van der Waals surface area contributed by atoms with Crippen molar-refractivity contribution in [2.75, 3.05) is 34.3 Å². The van der Waals surface area contributed by atoms with Crippen molar-refractivity contribution in [1.82, 2.24) is 0 Å². The molecule has 4 heteroatoms. The molecule has 0 radical (unpaired) electrons. The van der Waals surface area contributed by atoms with Crippen LogP contribution in [0.1, 0.15) is 11.1 Å². The summed E-state index contributed by atoms with van der Waals surface area (Å²) in [6.45, 7) is 3.87. The molecule has 23 heavy (non-hydrogen) atoms. The minimum absolute atomic E-state index is 0.262. The van der Waals surface area contributed by atoms with Gasteiger partial charge in [-0.1, -0.05) is 36.4 Å². The molecule has 2 rings (SSSR count). The predicted molar refractivity (Wildman–Crippen MR) is 92.0 cm³/mol. The molecule has 0 aliphatic heterocycles. The third-order valence-corrected chi connectivity index (χ3v) is 4.02. The number of ether oxygens (including phenoxy) is 1. The van der Waals surface area contributed by atoms with Crippen LogP contribution in [0.2, 0.25) is 0 Å². The lowest BCUT2D eigenvalue weighted by Crippen LogP contribution is -3.16. The molecule has 0 aromatic heterocycles. The molecule has 0 aliphatic rings. The summed E-state index contributed by atoms with van der Waals surface area (Å²) < 4.78 is 5.22. The first-order chi connectivity index (χ1) is 11.1. The molecule has 0 heterocycles. The number of likely N-dealkylation sites (N-methyl/N-ethyl adjacent to an activating group) is 1. The van der Waals surface area contributed by atoms with Crippen molar-refractivity contribution in [3.05, 3.63) is 59.7 Å². The number of nitrogens with one attached hydrogen (secondary N) is 2. The van der Waals surface area contributed by atoms with E-state index in [1.807, 2.05) is 18.2 Å². The second-order valence-electron chi connectivity index (χ2n) is 6.26. The van der Waals surface area contributed by atoms with Gasteiger partial charge in [-0.15, -0.1) is 0 Å². The number of benzene rings is 2. The van der Waals surface area contributed by atoms with Gasteiger partial charge in [0.1, 0.15) is 26.2 Å². The van der Waals surface area contributed by atoms with Crippen LogP contribution in [0.5, 0.6) is 11.5 Å². The van der Waals surface area contributed by atoms with E-state index in [4.69, 9.17) is 4.74 Å². The van der Waals surface area contributed by atoms with Gasteiger partial charge in [-0.2, -0.15) is 0 Å². The quantitative estimate of drug-likeness (QED) is 0.648. The highest BCUT2D eigenvalue weighted by atomic mass is 16.5. The molecule has 1 atom stereocenters. The van der Waals surface area contributed by atoms with Crippen LogP contribution in [-0.2, 0) is 13.1 Å². The van der Waals surface area contributed by atoms with Crippen LogP contribution >= 0.6 is 0 Å². The van der Waals surface area contributed by atoms with E-state index in [1.54, 1.807) is 13.2 Å². The number of hydrogen-bond acceptors (Lipinski definition) is 2. The number of quaternary nitrogens is 2. The fraction of sp³-hybridized carbons (Fsp3) is 0.368. The predicted octanol–water partition coefficient (Wildman–Crippen LogP) is 0.130. The first-order valence-electron chi connectivity index (χ1n) is 8.11. The number of hydrogen-bond donors (Lipinski definition) is 3. The van der Waals surface area contributed by atoms with Crippen LogP contribution in [-0.4, -0.2) is 39.4 Å². The highest BCUT2D eigenvalue weighted by molar-refractivity contribution is 5.44. The van der Waals surface area contributed by atoms with Gasteiger partial charge in [0.15, 0.2) is 11.5 Å². The number of aromatic hydroxyl groups is 1. The van der Waals surface area contributed by atoms with E-state index < -0.39 is 0 Å². The van der Waals surface area contributed by atoms with Gasteiger partial charge in [0, 0.05) is 5.56 Å². The molecule has 0 saturated heterocycles.